The van der Waals surface area contributed by atoms with Crippen LogP contribution in [0, 0.1) is 13.8 Å². The first-order chi connectivity index (χ1) is 9.61. The molecule has 0 spiro atoms. The largest absolute Gasteiger partial charge is 0.497 e. The monoisotopic (exact) mass is 286 g/mol. The molecule has 0 aliphatic rings. The van der Waals surface area contributed by atoms with Crippen LogP contribution in [-0.4, -0.2) is 12.9 Å². The van der Waals surface area contributed by atoms with Crippen molar-refractivity contribution in [1.82, 2.24) is 0 Å². The quantitative estimate of drug-likeness (QED) is 0.672. The average molecular weight is 286 g/mol. The summed E-state index contributed by atoms with van der Waals surface area (Å²) in [4.78, 5) is 13.3. The molecule has 3 nitrogen and oxygen atoms in total. The summed E-state index contributed by atoms with van der Waals surface area (Å²) in [7, 11) is 1.62. The van der Waals surface area contributed by atoms with E-state index < -0.39 is 0 Å². The summed E-state index contributed by atoms with van der Waals surface area (Å²) < 4.78 is 11.0. The molecule has 0 bridgehead atoms. The van der Waals surface area contributed by atoms with Crippen molar-refractivity contribution in [2.75, 3.05) is 7.11 Å². The Balaban J connectivity index is 2.15. The third-order valence-corrected chi connectivity index (χ3v) is 4.43. The zero-order chi connectivity index (χ0) is 14.3. The molecule has 0 saturated heterocycles. The van der Waals surface area contributed by atoms with Gasteiger partial charge in [0.2, 0.25) is 5.78 Å². The van der Waals surface area contributed by atoms with E-state index >= 15 is 0 Å². The lowest BCUT2D eigenvalue weighted by Gasteiger charge is -1.98. The van der Waals surface area contributed by atoms with E-state index in [1.807, 2.05) is 43.5 Å². The summed E-state index contributed by atoms with van der Waals surface area (Å²) in [6, 6.07) is 7.50. The van der Waals surface area contributed by atoms with E-state index in [-0.39, 0.29) is 5.78 Å². The molecule has 0 amide bonds. The number of thiophene rings is 1. The zero-order valence-electron chi connectivity index (χ0n) is 11.5. The normalized spacial score (nSPS) is 10.9. The SMILES string of the molecule is COc1ccc2oc(C(=O)c3sccc3C)c(C)c2c1. The van der Waals surface area contributed by atoms with Crippen LogP contribution in [0.1, 0.15) is 26.6 Å². The number of ketones is 1. The Labute approximate surface area is 120 Å². The Morgan fingerprint density at radius 1 is 1.25 bits per heavy atom. The van der Waals surface area contributed by atoms with Crippen LogP contribution in [0.5, 0.6) is 5.75 Å². The second-order valence-corrected chi connectivity index (χ2v) is 5.60. The molecule has 2 heterocycles. The smallest absolute Gasteiger partial charge is 0.238 e. The number of hydrogen-bond acceptors (Lipinski definition) is 4. The van der Waals surface area contributed by atoms with Crippen LogP contribution < -0.4 is 4.74 Å². The molecule has 0 atom stereocenters. The van der Waals surface area contributed by atoms with Crippen molar-refractivity contribution in [2.45, 2.75) is 13.8 Å². The van der Waals surface area contributed by atoms with Crippen molar-refractivity contribution >= 4 is 28.1 Å². The zero-order valence-corrected chi connectivity index (χ0v) is 12.3. The van der Waals surface area contributed by atoms with Gasteiger partial charge in [-0.05, 0) is 49.1 Å². The van der Waals surface area contributed by atoms with Gasteiger partial charge < -0.3 is 9.15 Å². The number of aryl methyl sites for hydroxylation is 2. The van der Waals surface area contributed by atoms with Gasteiger partial charge in [-0.2, -0.15) is 0 Å². The van der Waals surface area contributed by atoms with Crippen molar-refractivity contribution in [1.29, 1.82) is 0 Å². The highest BCUT2D eigenvalue weighted by molar-refractivity contribution is 7.12. The van der Waals surface area contributed by atoms with E-state index in [4.69, 9.17) is 9.15 Å². The summed E-state index contributed by atoms with van der Waals surface area (Å²) in [5.41, 5.74) is 2.55. The molecule has 0 saturated carbocycles. The van der Waals surface area contributed by atoms with Gasteiger partial charge in [0.1, 0.15) is 11.3 Å². The predicted octanol–water partition coefficient (Wildman–Crippen LogP) is 4.35. The highest BCUT2D eigenvalue weighted by atomic mass is 32.1. The van der Waals surface area contributed by atoms with Crippen LogP contribution in [0.2, 0.25) is 0 Å². The van der Waals surface area contributed by atoms with Crippen molar-refractivity contribution in [3.63, 3.8) is 0 Å². The summed E-state index contributed by atoms with van der Waals surface area (Å²) >= 11 is 1.44. The molecule has 0 aliphatic heterocycles. The molecule has 0 N–H and O–H groups in total. The van der Waals surface area contributed by atoms with Gasteiger partial charge >= 0.3 is 0 Å². The Kier molecular flexibility index (Phi) is 3.10. The Morgan fingerprint density at radius 2 is 2.05 bits per heavy atom. The lowest BCUT2D eigenvalue weighted by atomic mass is 10.1. The topological polar surface area (TPSA) is 39.4 Å². The van der Waals surface area contributed by atoms with Gasteiger partial charge in [-0.25, -0.2) is 0 Å². The number of furan rings is 1. The Hall–Kier alpha value is -2.07. The lowest BCUT2D eigenvalue weighted by molar-refractivity contribution is 0.101. The maximum absolute atomic E-state index is 12.6. The number of ether oxygens (including phenoxy) is 1. The molecule has 0 unspecified atom stereocenters. The van der Waals surface area contributed by atoms with Crippen LogP contribution in [0.3, 0.4) is 0 Å². The first-order valence-corrected chi connectivity index (χ1v) is 7.15. The molecule has 4 heteroatoms. The van der Waals surface area contributed by atoms with Gasteiger partial charge in [-0.15, -0.1) is 11.3 Å². The molecule has 1 aromatic carbocycles. The summed E-state index contributed by atoms with van der Waals surface area (Å²) in [5.74, 6) is 1.12. The van der Waals surface area contributed by atoms with Crippen molar-refractivity contribution < 1.29 is 13.9 Å². The van der Waals surface area contributed by atoms with E-state index in [1.165, 1.54) is 11.3 Å². The summed E-state index contributed by atoms with van der Waals surface area (Å²) in [6.45, 7) is 3.84. The minimum atomic E-state index is -0.0508. The van der Waals surface area contributed by atoms with Crippen molar-refractivity contribution in [2.24, 2.45) is 0 Å². The van der Waals surface area contributed by atoms with E-state index in [2.05, 4.69) is 0 Å². The first kappa shape index (κ1) is 12.9. The number of carbonyl (C=O) groups is 1. The molecule has 20 heavy (non-hydrogen) atoms. The molecule has 0 fully saturated rings. The van der Waals surface area contributed by atoms with Crippen LogP contribution >= 0.6 is 11.3 Å². The standard InChI is InChI=1S/C16H14O3S/c1-9-6-7-20-16(9)14(17)15-10(2)12-8-11(18-3)4-5-13(12)19-15/h4-8H,1-3H3. The third-order valence-electron chi connectivity index (χ3n) is 3.42. The highest BCUT2D eigenvalue weighted by Gasteiger charge is 2.21. The summed E-state index contributed by atoms with van der Waals surface area (Å²) in [6.07, 6.45) is 0. The van der Waals surface area contributed by atoms with Crippen molar-refractivity contribution in [3.05, 3.63) is 51.4 Å². The highest BCUT2D eigenvalue weighted by Crippen LogP contribution is 2.31. The Morgan fingerprint density at radius 3 is 2.70 bits per heavy atom. The van der Waals surface area contributed by atoms with E-state index in [0.717, 1.165) is 27.1 Å². The fraction of sp³-hybridized carbons (Fsp3) is 0.188. The van der Waals surface area contributed by atoms with Crippen LogP contribution in [0.25, 0.3) is 11.0 Å². The number of carbonyl (C=O) groups excluding carboxylic acids is 1. The van der Waals surface area contributed by atoms with E-state index in [1.54, 1.807) is 7.11 Å². The second-order valence-electron chi connectivity index (χ2n) is 4.68. The van der Waals surface area contributed by atoms with Gasteiger partial charge in [0.15, 0.2) is 5.76 Å². The maximum atomic E-state index is 12.6. The minimum Gasteiger partial charge on any atom is -0.497 e. The molecular weight excluding hydrogens is 272 g/mol. The maximum Gasteiger partial charge on any atom is 0.238 e. The van der Waals surface area contributed by atoms with E-state index in [9.17, 15) is 4.79 Å². The second kappa shape index (κ2) is 4.80. The average Bonchev–Trinajstić information content (AvgIpc) is 3.02. The molecule has 0 aliphatic carbocycles. The van der Waals surface area contributed by atoms with Crippen LogP contribution in [0.4, 0.5) is 0 Å². The molecule has 102 valence electrons. The van der Waals surface area contributed by atoms with E-state index in [0.29, 0.717) is 11.3 Å². The van der Waals surface area contributed by atoms with Crippen LogP contribution in [0.15, 0.2) is 34.1 Å². The number of hydrogen-bond donors (Lipinski definition) is 0. The van der Waals surface area contributed by atoms with Gasteiger partial charge in [-0.1, -0.05) is 0 Å². The Bertz CT molecular complexity index is 795. The molecule has 3 aromatic rings. The van der Waals surface area contributed by atoms with Gasteiger partial charge in [-0.3, -0.25) is 4.79 Å². The molecular formula is C16H14O3S. The fourth-order valence-corrected chi connectivity index (χ4v) is 3.11. The van der Waals surface area contributed by atoms with Crippen LogP contribution in [-0.2, 0) is 0 Å². The number of fused-ring (bicyclic) bond motifs is 1. The molecule has 3 rings (SSSR count). The number of methoxy groups -OCH3 is 1. The first-order valence-electron chi connectivity index (χ1n) is 6.27. The summed E-state index contributed by atoms with van der Waals surface area (Å²) in [5, 5.41) is 2.84. The minimum absolute atomic E-state index is 0.0508. The lowest BCUT2D eigenvalue weighted by Crippen LogP contribution is -2.00. The molecule has 2 aromatic heterocycles. The third kappa shape index (κ3) is 1.93. The van der Waals surface area contributed by atoms with Gasteiger partial charge in [0.25, 0.3) is 0 Å². The van der Waals surface area contributed by atoms with Gasteiger partial charge in [0.05, 0.1) is 12.0 Å². The molecule has 0 radical (unpaired) electrons. The van der Waals surface area contributed by atoms with Crippen molar-refractivity contribution in [3.8, 4) is 5.75 Å². The fourth-order valence-electron chi connectivity index (χ4n) is 2.25. The van der Waals surface area contributed by atoms with Gasteiger partial charge in [0, 0.05) is 10.9 Å². The number of rotatable bonds is 3. The number of benzene rings is 1. The predicted molar refractivity (Wildman–Crippen MR) is 80.0 cm³/mol.